The summed E-state index contributed by atoms with van der Waals surface area (Å²) in [5.41, 5.74) is 1.92. The number of thioether (sulfide) groups is 1. The van der Waals surface area contributed by atoms with Gasteiger partial charge in [-0.2, -0.15) is 11.8 Å². The Balaban J connectivity index is 2.35. The molecule has 1 aromatic carbocycles. The molecule has 4 heteroatoms. The van der Waals surface area contributed by atoms with Crippen LogP contribution in [0.3, 0.4) is 0 Å². The number of amides is 1. The van der Waals surface area contributed by atoms with Crippen LogP contribution in [0.15, 0.2) is 24.3 Å². The number of carbonyl (C=O) groups is 1. The zero-order valence-corrected chi connectivity index (χ0v) is 11.8. The van der Waals surface area contributed by atoms with Gasteiger partial charge in [0.15, 0.2) is 0 Å². The molecule has 1 amide bonds. The predicted octanol–water partition coefficient (Wildman–Crippen LogP) is 2.29. The minimum Gasteiger partial charge on any atom is -0.387 e. The topological polar surface area (TPSA) is 49.3 Å². The van der Waals surface area contributed by atoms with Crippen LogP contribution in [0, 0.1) is 6.92 Å². The SMILES string of the molecule is CSCCCC(=O)NCC(O)c1ccccc1C. The van der Waals surface area contributed by atoms with Crippen LogP contribution >= 0.6 is 11.8 Å². The molecule has 0 aliphatic rings. The average molecular weight is 267 g/mol. The van der Waals surface area contributed by atoms with Crippen LogP contribution in [0.1, 0.15) is 30.1 Å². The van der Waals surface area contributed by atoms with Gasteiger partial charge in [0.1, 0.15) is 0 Å². The van der Waals surface area contributed by atoms with E-state index in [-0.39, 0.29) is 12.5 Å². The minimum atomic E-state index is -0.629. The fourth-order valence-electron chi connectivity index (χ4n) is 1.75. The number of hydrogen-bond acceptors (Lipinski definition) is 3. The molecule has 0 bridgehead atoms. The van der Waals surface area contributed by atoms with Crippen molar-refractivity contribution in [2.45, 2.75) is 25.9 Å². The third-order valence-electron chi connectivity index (χ3n) is 2.79. The summed E-state index contributed by atoms with van der Waals surface area (Å²) in [6, 6.07) is 7.68. The second-order valence-corrected chi connectivity index (χ2v) is 5.26. The Hall–Kier alpha value is -1.00. The number of hydrogen-bond donors (Lipinski definition) is 2. The van der Waals surface area contributed by atoms with Gasteiger partial charge < -0.3 is 10.4 Å². The number of rotatable bonds is 7. The summed E-state index contributed by atoms with van der Waals surface area (Å²) in [7, 11) is 0. The van der Waals surface area contributed by atoms with E-state index >= 15 is 0 Å². The number of carbonyl (C=O) groups excluding carboxylic acids is 1. The van der Waals surface area contributed by atoms with Crippen molar-refractivity contribution in [3.05, 3.63) is 35.4 Å². The fourth-order valence-corrected chi connectivity index (χ4v) is 2.18. The summed E-state index contributed by atoms with van der Waals surface area (Å²) in [6.45, 7) is 2.24. The van der Waals surface area contributed by atoms with Gasteiger partial charge in [-0.25, -0.2) is 0 Å². The Morgan fingerprint density at radius 3 is 2.83 bits per heavy atom. The normalized spacial score (nSPS) is 12.2. The van der Waals surface area contributed by atoms with Crippen LogP contribution in [0.25, 0.3) is 0 Å². The molecule has 1 unspecified atom stereocenters. The molecule has 0 fully saturated rings. The Kier molecular flexibility index (Phi) is 6.83. The maximum Gasteiger partial charge on any atom is 0.220 e. The molecule has 0 heterocycles. The molecule has 2 N–H and O–H groups in total. The van der Waals surface area contributed by atoms with Crippen molar-refractivity contribution >= 4 is 17.7 Å². The lowest BCUT2D eigenvalue weighted by atomic mass is 10.0. The standard InChI is InChI=1S/C14H21NO2S/c1-11-6-3-4-7-12(11)13(16)10-15-14(17)8-5-9-18-2/h3-4,6-7,13,16H,5,8-10H2,1-2H3,(H,15,17). The zero-order valence-electron chi connectivity index (χ0n) is 11.0. The summed E-state index contributed by atoms with van der Waals surface area (Å²) in [4.78, 5) is 11.5. The van der Waals surface area contributed by atoms with Gasteiger partial charge in [-0.1, -0.05) is 24.3 Å². The molecule has 1 aromatic rings. The van der Waals surface area contributed by atoms with Gasteiger partial charge in [-0.15, -0.1) is 0 Å². The van der Waals surface area contributed by atoms with Gasteiger partial charge in [-0.3, -0.25) is 4.79 Å². The molecule has 0 aromatic heterocycles. The van der Waals surface area contributed by atoms with E-state index in [9.17, 15) is 9.90 Å². The van der Waals surface area contributed by atoms with Crippen molar-refractivity contribution in [1.82, 2.24) is 5.32 Å². The molecule has 3 nitrogen and oxygen atoms in total. The maximum atomic E-state index is 11.5. The third kappa shape index (κ3) is 5.10. The van der Waals surface area contributed by atoms with E-state index in [2.05, 4.69) is 5.32 Å². The van der Waals surface area contributed by atoms with E-state index in [0.717, 1.165) is 23.3 Å². The molecule has 0 aliphatic carbocycles. The van der Waals surface area contributed by atoms with E-state index in [1.54, 1.807) is 11.8 Å². The van der Waals surface area contributed by atoms with Crippen LogP contribution in [0.2, 0.25) is 0 Å². The first-order valence-electron chi connectivity index (χ1n) is 6.14. The highest BCUT2D eigenvalue weighted by Gasteiger charge is 2.10. The zero-order chi connectivity index (χ0) is 13.4. The first-order chi connectivity index (χ1) is 8.65. The highest BCUT2D eigenvalue weighted by Crippen LogP contribution is 2.16. The smallest absolute Gasteiger partial charge is 0.220 e. The van der Waals surface area contributed by atoms with E-state index in [4.69, 9.17) is 0 Å². The van der Waals surface area contributed by atoms with Gasteiger partial charge in [0.05, 0.1) is 6.10 Å². The van der Waals surface area contributed by atoms with Gasteiger partial charge in [0, 0.05) is 13.0 Å². The van der Waals surface area contributed by atoms with Gasteiger partial charge in [0.2, 0.25) is 5.91 Å². The molecular weight excluding hydrogens is 246 g/mol. The quantitative estimate of drug-likeness (QED) is 0.745. The highest BCUT2D eigenvalue weighted by atomic mass is 32.2. The molecule has 0 saturated carbocycles. The fraction of sp³-hybridized carbons (Fsp3) is 0.500. The summed E-state index contributed by atoms with van der Waals surface area (Å²) < 4.78 is 0. The monoisotopic (exact) mass is 267 g/mol. The highest BCUT2D eigenvalue weighted by molar-refractivity contribution is 7.98. The van der Waals surface area contributed by atoms with Crippen molar-refractivity contribution in [2.24, 2.45) is 0 Å². The van der Waals surface area contributed by atoms with E-state index in [1.165, 1.54) is 0 Å². The lowest BCUT2D eigenvalue weighted by Crippen LogP contribution is -2.28. The number of aliphatic hydroxyl groups is 1. The molecule has 0 aliphatic heterocycles. The van der Waals surface area contributed by atoms with E-state index < -0.39 is 6.10 Å². The largest absolute Gasteiger partial charge is 0.387 e. The molecule has 0 spiro atoms. The van der Waals surface area contributed by atoms with Crippen LogP contribution < -0.4 is 5.32 Å². The molecule has 0 radical (unpaired) electrons. The van der Waals surface area contributed by atoms with Gasteiger partial charge in [0.25, 0.3) is 0 Å². The molecule has 0 saturated heterocycles. The van der Waals surface area contributed by atoms with Crippen molar-refractivity contribution in [2.75, 3.05) is 18.6 Å². The van der Waals surface area contributed by atoms with Crippen molar-refractivity contribution < 1.29 is 9.90 Å². The summed E-state index contributed by atoms with van der Waals surface area (Å²) >= 11 is 1.74. The molecule has 1 atom stereocenters. The lowest BCUT2D eigenvalue weighted by molar-refractivity contribution is -0.121. The van der Waals surface area contributed by atoms with Crippen LogP contribution in [0.5, 0.6) is 0 Å². The number of aryl methyl sites for hydroxylation is 1. The number of nitrogens with one attached hydrogen (secondary N) is 1. The van der Waals surface area contributed by atoms with Gasteiger partial charge in [-0.05, 0) is 36.5 Å². The minimum absolute atomic E-state index is 0.0108. The van der Waals surface area contributed by atoms with E-state index in [0.29, 0.717) is 6.42 Å². The second-order valence-electron chi connectivity index (χ2n) is 4.27. The Morgan fingerprint density at radius 2 is 2.17 bits per heavy atom. The Labute approximate surface area is 113 Å². The second kappa shape index (κ2) is 8.16. The summed E-state index contributed by atoms with van der Waals surface area (Å²) in [6.07, 6.45) is 2.81. The first kappa shape index (κ1) is 15.1. The summed E-state index contributed by atoms with van der Waals surface area (Å²) in [5, 5.41) is 12.8. The van der Waals surface area contributed by atoms with Crippen LogP contribution in [-0.4, -0.2) is 29.6 Å². The van der Waals surface area contributed by atoms with Crippen molar-refractivity contribution in [1.29, 1.82) is 0 Å². The van der Waals surface area contributed by atoms with Crippen LogP contribution in [-0.2, 0) is 4.79 Å². The lowest BCUT2D eigenvalue weighted by Gasteiger charge is -2.14. The number of benzene rings is 1. The Morgan fingerprint density at radius 1 is 1.44 bits per heavy atom. The third-order valence-corrected chi connectivity index (χ3v) is 3.49. The number of aliphatic hydroxyl groups excluding tert-OH is 1. The first-order valence-corrected chi connectivity index (χ1v) is 7.53. The molecule has 100 valence electrons. The van der Waals surface area contributed by atoms with E-state index in [1.807, 2.05) is 37.4 Å². The maximum absolute atomic E-state index is 11.5. The average Bonchev–Trinajstić information content (AvgIpc) is 2.37. The molecule has 18 heavy (non-hydrogen) atoms. The molecular formula is C14H21NO2S. The molecule has 1 rings (SSSR count). The van der Waals surface area contributed by atoms with Crippen molar-refractivity contribution in [3.63, 3.8) is 0 Å². The van der Waals surface area contributed by atoms with Crippen molar-refractivity contribution in [3.8, 4) is 0 Å². The summed E-state index contributed by atoms with van der Waals surface area (Å²) in [5.74, 6) is 1.00. The Bertz CT molecular complexity index is 382. The predicted molar refractivity (Wildman–Crippen MR) is 76.8 cm³/mol. The van der Waals surface area contributed by atoms with Crippen LogP contribution in [0.4, 0.5) is 0 Å². The van der Waals surface area contributed by atoms with Gasteiger partial charge >= 0.3 is 0 Å².